The smallest absolute Gasteiger partial charge is 0.254 e. The van der Waals surface area contributed by atoms with Crippen molar-refractivity contribution in [3.8, 4) is 22.6 Å². The van der Waals surface area contributed by atoms with E-state index in [1.807, 2.05) is 34.5 Å². The van der Waals surface area contributed by atoms with Gasteiger partial charge in [-0.2, -0.15) is 10.2 Å². The van der Waals surface area contributed by atoms with Gasteiger partial charge in [0.25, 0.3) is 5.91 Å². The monoisotopic (exact) mass is 394 g/mol. The molecule has 3 heterocycles. The average molecular weight is 394 g/mol. The van der Waals surface area contributed by atoms with Crippen molar-refractivity contribution in [3.05, 3.63) is 53.0 Å². The van der Waals surface area contributed by atoms with Gasteiger partial charge in [0.05, 0.1) is 12.0 Å². The molecular formula is C20H18N4O3S. The summed E-state index contributed by atoms with van der Waals surface area (Å²) in [6.07, 6.45) is 0. The number of thiophene rings is 1. The van der Waals surface area contributed by atoms with Crippen molar-refractivity contribution in [2.45, 2.75) is 0 Å². The van der Waals surface area contributed by atoms with Gasteiger partial charge in [-0.3, -0.25) is 4.79 Å². The van der Waals surface area contributed by atoms with Crippen LogP contribution in [0.15, 0.2) is 46.2 Å². The molecule has 1 amide bonds. The van der Waals surface area contributed by atoms with Gasteiger partial charge >= 0.3 is 0 Å². The van der Waals surface area contributed by atoms with Crippen molar-refractivity contribution in [3.63, 3.8) is 0 Å². The topological polar surface area (TPSA) is 82.6 Å². The van der Waals surface area contributed by atoms with Crippen LogP contribution in [0.2, 0.25) is 0 Å². The third kappa shape index (κ3) is 3.44. The van der Waals surface area contributed by atoms with E-state index in [1.54, 1.807) is 24.1 Å². The summed E-state index contributed by atoms with van der Waals surface area (Å²) < 4.78 is 11.1. The molecule has 0 bridgehead atoms. The van der Waals surface area contributed by atoms with Gasteiger partial charge in [-0.25, -0.2) is 0 Å². The van der Waals surface area contributed by atoms with E-state index in [2.05, 4.69) is 11.1 Å². The fourth-order valence-corrected chi connectivity index (χ4v) is 3.81. The third-order valence-electron chi connectivity index (χ3n) is 4.62. The summed E-state index contributed by atoms with van der Waals surface area (Å²) in [6, 6.07) is 13.1. The van der Waals surface area contributed by atoms with Gasteiger partial charge in [-0.05, 0) is 29.6 Å². The molecule has 1 fully saturated rings. The zero-order valence-corrected chi connectivity index (χ0v) is 16.1. The van der Waals surface area contributed by atoms with Crippen molar-refractivity contribution in [2.75, 3.05) is 38.2 Å². The average Bonchev–Trinajstić information content (AvgIpc) is 3.43. The Bertz CT molecular complexity index is 1010. The zero-order valence-electron chi connectivity index (χ0n) is 15.3. The number of nitriles is 1. The quantitative estimate of drug-likeness (QED) is 0.676. The standard InChI is InChI=1S/C20H18N4O3S/c1-26-15-5-2-4-14(12-15)19(25)23-7-9-24(10-8-23)20-16(13-21)22-18(27-20)17-6-3-11-28-17/h2-6,11-12H,7-10H2,1H3. The van der Waals surface area contributed by atoms with Crippen molar-refractivity contribution < 1.29 is 13.9 Å². The summed E-state index contributed by atoms with van der Waals surface area (Å²) in [7, 11) is 1.58. The maximum absolute atomic E-state index is 12.8. The Morgan fingerprint density at radius 1 is 1.25 bits per heavy atom. The molecule has 4 rings (SSSR count). The van der Waals surface area contributed by atoms with E-state index in [1.165, 1.54) is 11.3 Å². The van der Waals surface area contributed by atoms with Crippen LogP contribution in [-0.4, -0.2) is 49.1 Å². The molecule has 142 valence electrons. The lowest BCUT2D eigenvalue weighted by Gasteiger charge is -2.34. The number of carbonyl (C=O) groups excluding carboxylic acids is 1. The number of aromatic nitrogens is 1. The first-order chi connectivity index (χ1) is 13.7. The minimum atomic E-state index is -0.0316. The van der Waals surface area contributed by atoms with E-state index in [9.17, 15) is 10.1 Å². The van der Waals surface area contributed by atoms with Crippen LogP contribution in [0, 0.1) is 11.3 Å². The number of oxazole rings is 1. The minimum Gasteiger partial charge on any atom is -0.497 e. The Morgan fingerprint density at radius 2 is 2.07 bits per heavy atom. The molecule has 1 aliphatic rings. The normalized spacial score (nSPS) is 14.0. The molecule has 1 aromatic carbocycles. The molecule has 0 saturated carbocycles. The number of piperazine rings is 1. The SMILES string of the molecule is COc1cccc(C(=O)N2CCN(c3oc(-c4cccs4)nc3C#N)CC2)c1. The van der Waals surface area contributed by atoms with Crippen molar-refractivity contribution in [1.82, 2.24) is 9.88 Å². The summed E-state index contributed by atoms with van der Waals surface area (Å²) in [5.74, 6) is 1.55. The summed E-state index contributed by atoms with van der Waals surface area (Å²) >= 11 is 1.51. The lowest BCUT2D eigenvalue weighted by Crippen LogP contribution is -2.48. The van der Waals surface area contributed by atoms with Crippen molar-refractivity contribution in [1.29, 1.82) is 5.26 Å². The highest BCUT2D eigenvalue weighted by Crippen LogP contribution is 2.31. The first-order valence-corrected chi connectivity index (χ1v) is 9.70. The number of amides is 1. The molecule has 8 heteroatoms. The van der Waals surface area contributed by atoms with E-state index in [0.717, 1.165) is 4.88 Å². The summed E-state index contributed by atoms with van der Waals surface area (Å²) in [4.78, 5) is 21.7. The second-order valence-corrected chi connectivity index (χ2v) is 7.22. The molecule has 2 aromatic heterocycles. The molecule has 0 atom stereocenters. The van der Waals surface area contributed by atoms with Gasteiger partial charge < -0.3 is 19.0 Å². The maximum Gasteiger partial charge on any atom is 0.254 e. The Hall–Kier alpha value is -3.31. The summed E-state index contributed by atoms with van der Waals surface area (Å²) in [5.41, 5.74) is 0.876. The maximum atomic E-state index is 12.8. The number of ether oxygens (including phenoxy) is 1. The highest BCUT2D eigenvalue weighted by molar-refractivity contribution is 7.13. The van der Waals surface area contributed by atoms with Gasteiger partial charge in [-0.1, -0.05) is 12.1 Å². The molecule has 0 N–H and O–H groups in total. The summed E-state index contributed by atoms with van der Waals surface area (Å²) in [5, 5.41) is 11.4. The number of carbonyl (C=O) groups is 1. The van der Waals surface area contributed by atoms with Gasteiger partial charge in [0, 0.05) is 31.7 Å². The van der Waals surface area contributed by atoms with Gasteiger partial charge in [-0.15, -0.1) is 11.3 Å². The number of rotatable bonds is 4. The second-order valence-electron chi connectivity index (χ2n) is 6.27. The van der Waals surface area contributed by atoms with E-state index in [-0.39, 0.29) is 11.6 Å². The minimum absolute atomic E-state index is 0.0316. The molecule has 0 radical (unpaired) electrons. The molecule has 0 spiro atoms. The highest BCUT2D eigenvalue weighted by Gasteiger charge is 2.27. The number of hydrogen-bond donors (Lipinski definition) is 0. The molecule has 28 heavy (non-hydrogen) atoms. The number of nitrogens with zero attached hydrogens (tertiary/aromatic N) is 4. The van der Waals surface area contributed by atoms with Gasteiger partial charge in [0.1, 0.15) is 11.8 Å². The largest absolute Gasteiger partial charge is 0.497 e. The Morgan fingerprint density at radius 3 is 2.75 bits per heavy atom. The third-order valence-corrected chi connectivity index (χ3v) is 5.48. The predicted molar refractivity (Wildman–Crippen MR) is 106 cm³/mol. The van der Waals surface area contributed by atoms with Crippen LogP contribution in [0.3, 0.4) is 0 Å². The number of methoxy groups -OCH3 is 1. The molecule has 3 aromatic rings. The number of anilines is 1. The lowest BCUT2D eigenvalue weighted by molar-refractivity contribution is 0.0745. The zero-order chi connectivity index (χ0) is 19.5. The predicted octanol–water partition coefficient (Wildman–Crippen LogP) is 3.25. The van der Waals surface area contributed by atoms with E-state index in [0.29, 0.717) is 49.3 Å². The van der Waals surface area contributed by atoms with Crippen LogP contribution < -0.4 is 9.64 Å². The summed E-state index contributed by atoms with van der Waals surface area (Å²) in [6.45, 7) is 2.22. The molecule has 7 nitrogen and oxygen atoms in total. The van der Waals surface area contributed by atoms with E-state index in [4.69, 9.17) is 9.15 Å². The number of hydrogen-bond acceptors (Lipinski definition) is 7. The Kier molecular flexibility index (Phi) is 5.00. The van der Waals surface area contributed by atoms with E-state index >= 15 is 0 Å². The number of benzene rings is 1. The lowest BCUT2D eigenvalue weighted by atomic mass is 10.1. The van der Waals surface area contributed by atoms with Crippen LogP contribution in [-0.2, 0) is 0 Å². The fraction of sp³-hybridized carbons (Fsp3) is 0.250. The van der Waals surface area contributed by atoms with Crippen molar-refractivity contribution in [2.24, 2.45) is 0 Å². The first kappa shape index (κ1) is 18.1. The van der Waals surface area contributed by atoms with Crippen molar-refractivity contribution >= 4 is 23.1 Å². The highest BCUT2D eigenvalue weighted by atomic mass is 32.1. The molecule has 1 aliphatic heterocycles. The Balaban J connectivity index is 1.47. The molecule has 0 unspecified atom stereocenters. The first-order valence-electron chi connectivity index (χ1n) is 8.82. The van der Waals surface area contributed by atoms with Crippen LogP contribution >= 0.6 is 11.3 Å². The Labute approximate surface area is 166 Å². The van der Waals surface area contributed by atoms with Crippen LogP contribution in [0.5, 0.6) is 5.75 Å². The van der Waals surface area contributed by atoms with Gasteiger partial charge in [0.15, 0.2) is 0 Å². The molecule has 1 saturated heterocycles. The second kappa shape index (κ2) is 7.74. The van der Waals surface area contributed by atoms with Crippen LogP contribution in [0.1, 0.15) is 16.1 Å². The van der Waals surface area contributed by atoms with E-state index < -0.39 is 0 Å². The van der Waals surface area contributed by atoms with Crippen LogP contribution in [0.4, 0.5) is 5.88 Å². The van der Waals surface area contributed by atoms with Crippen LogP contribution in [0.25, 0.3) is 10.8 Å². The molecule has 0 aliphatic carbocycles. The van der Waals surface area contributed by atoms with Gasteiger partial charge in [0.2, 0.25) is 17.5 Å². The fourth-order valence-electron chi connectivity index (χ4n) is 3.16. The molecular weight excluding hydrogens is 376 g/mol.